The Kier molecular flexibility index (Phi) is 4.62. The standard InChI is InChI=1S/C45H27N3/c1-2-10-27-22-39-37(21-26(27)9-1)38-23-36-30-15-4-3-13-28(30)31-19-20-33(36)42(32-16-6-5-14-29(31)32)45(38)48(39)40-24-46-43-34-17-7-11-25-12-8-18-35(41(25)34)44(43)47-40/h1-18,21-24,31H,19-20H2. The highest BCUT2D eigenvalue weighted by Crippen LogP contribution is 2.54. The van der Waals surface area contributed by atoms with Crippen molar-refractivity contribution in [1.82, 2.24) is 14.5 Å². The molecule has 222 valence electrons. The molecule has 1 atom stereocenters. The molecule has 0 radical (unpaired) electrons. The van der Waals surface area contributed by atoms with E-state index in [4.69, 9.17) is 9.97 Å². The van der Waals surface area contributed by atoms with Crippen molar-refractivity contribution in [3.63, 3.8) is 0 Å². The maximum atomic E-state index is 5.53. The van der Waals surface area contributed by atoms with Gasteiger partial charge < -0.3 is 0 Å². The molecule has 1 unspecified atom stereocenters. The molecule has 0 spiro atoms. The Labute approximate surface area is 276 Å². The van der Waals surface area contributed by atoms with E-state index < -0.39 is 0 Å². The van der Waals surface area contributed by atoms with Crippen LogP contribution in [0, 0.1) is 0 Å². The minimum absolute atomic E-state index is 0.358. The molecule has 3 aliphatic rings. The van der Waals surface area contributed by atoms with Crippen LogP contribution in [0.3, 0.4) is 0 Å². The van der Waals surface area contributed by atoms with Gasteiger partial charge in [0.2, 0.25) is 0 Å². The molecule has 0 fully saturated rings. The van der Waals surface area contributed by atoms with Crippen LogP contribution in [0.2, 0.25) is 0 Å². The Bertz CT molecular complexity index is 2900. The van der Waals surface area contributed by atoms with Crippen molar-refractivity contribution in [2.45, 2.75) is 18.8 Å². The summed E-state index contributed by atoms with van der Waals surface area (Å²) in [4.78, 5) is 10.7. The van der Waals surface area contributed by atoms with E-state index in [1.165, 1.54) is 87.9 Å². The third-order valence-corrected chi connectivity index (χ3v) is 11.3. The fourth-order valence-corrected chi connectivity index (χ4v) is 9.38. The molecule has 0 amide bonds. The van der Waals surface area contributed by atoms with E-state index in [1.54, 1.807) is 0 Å². The van der Waals surface area contributed by atoms with Crippen LogP contribution in [-0.2, 0) is 6.42 Å². The van der Waals surface area contributed by atoms with Gasteiger partial charge in [-0.05, 0) is 80.6 Å². The highest BCUT2D eigenvalue weighted by atomic mass is 15.1. The first-order valence-electron chi connectivity index (χ1n) is 16.9. The van der Waals surface area contributed by atoms with Crippen LogP contribution < -0.4 is 0 Å². The first-order valence-corrected chi connectivity index (χ1v) is 16.9. The molecule has 12 rings (SSSR count). The number of hydrogen-bond acceptors (Lipinski definition) is 2. The van der Waals surface area contributed by atoms with Crippen LogP contribution in [0.15, 0.2) is 134 Å². The van der Waals surface area contributed by atoms with Crippen LogP contribution in [0.1, 0.15) is 29.0 Å². The highest BCUT2D eigenvalue weighted by Gasteiger charge is 2.34. The minimum Gasteiger partial charge on any atom is -0.292 e. The Balaban J connectivity index is 1.28. The number of aromatic nitrogens is 3. The summed E-state index contributed by atoms with van der Waals surface area (Å²) in [5, 5.41) is 7.46. The smallest absolute Gasteiger partial charge is 0.156 e. The summed E-state index contributed by atoms with van der Waals surface area (Å²) in [6.07, 6.45) is 4.14. The van der Waals surface area contributed by atoms with Crippen LogP contribution in [0.25, 0.3) is 93.9 Å². The minimum atomic E-state index is 0.358. The molecule has 2 bridgehead atoms. The normalized spacial score (nSPS) is 15.1. The third-order valence-electron chi connectivity index (χ3n) is 11.3. The van der Waals surface area contributed by atoms with Gasteiger partial charge in [0.1, 0.15) is 0 Å². The van der Waals surface area contributed by atoms with Gasteiger partial charge in [0, 0.05) is 38.8 Å². The molecule has 3 heteroatoms. The van der Waals surface area contributed by atoms with E-state index in [2.05, 4.69) is 132 Å². The van der Waals surface area contributed by atoms with E-state index in [0.29, 0.717) is 5.92 Å². The SMILES string of the molecule is c1ccc2c(c1)-c1cc3c4cc5ccccc5cc4n(-c4cnc5c(n4)-c4cccc6cccc-5c46)c3c3c1CCC2c1ccccc1-3. The summed E-state index contributed by atoms with van der Waals surface area (Å²) in [5.74, 6) is 1.22. The van der Waals surface area contributed by atoms with Gasteiger partial charge in [0.25, 0.3) is 0 Å². The molecule has 9 aromatic rings. The Morgan fingerprint density at radius 1 is 0.562 bits per heavy atom. The van der Waals surface area contributed by atoms with Crippen molar-refractivity contribution in [2.75, 3.05) is 0 Å². The lowest BCUT2D eigenvalue weighted by atomic mass is 9.80. The quantitative estimate of drug-likeness (QED) is 0.185. The molecule has 0 saturated carbocycles. The van der Waals surface area contributed by atoms with Gasteiger partial charge in [-0.1, -0.05) is 109 Å². The molecule has 7 aromatic carbocycles. The van der Waals surface area contributed by atoms with Crippen molar-refractivity contribution in [3.05, 3.63) is 150 Å². The summed E-state index contributed by atoms with van der Waals surface area (Å²) in [6.45, 7) is 0. The number of fused-ring (bicyclic) bond motifs is 16. The second-order valence-electron chi connectivity index (χ2n) is 13.6. The lowest BCUT2D eigenvalue weighted by Gasteiger charge is -2.25. The first kappa shape index (κ1) is 25.1. The molecule has 2 heterocycles. The topological polar surface area (TPSA) is 30.7 Å². The summed E-state index contributed by atoms with van der Waals surface area (Å²) in [5.41, 5.74) is 16.4. The molecule has 2 aromatic heterocycles. The summed E-state index contributed by atoms with van der Waals surface area (Å²) in [7, 11) is 0. The Hall–Kier alpha value is -6.06. The number of hydrogen-bond donors (Lipinski definition) is 0. The number of nitrogens with zero attached hydrogens (tertiary/aromatic N) is 3. The van der Waals surface area contributed by atoms with Crippen molar-refractivity contribution in [3.8, 4) is 50.6 Å². The monoisotopic (exact) mass is 609 g/mol. The van der Waals surface area contributed by atoms with Gasteiger partial charge in [-0.2, -0.15) is 0 Å². The van der Waals surface area contributed by atoms with Crippen molar-refractivity contribution in [2.24, 2.45) is 0 Å². The molecule has 3 nitrogen and oxygen atoms in total. The average molecular weight is 610 g/mol. The van der Waals surface area contributed by atoms with Crippen LogP contribution in [0.4, 0.5) is 0 Å². The first-order chi connectivity index (χ1) is 23.8. The van der Waals surface area contributed by atoms with Crippen LogP contribution in [0.5, 0.6) is 0 Å². The molecular weight excluding hydrogens is 583 g/mol. The number of benzene rings is 7. The van der Waals surface area contributed by atoms with Gasteiger partial charge in [-0.3, -0.25) is 9.55 Å². The number of rotatable bonds is 1. The van der Waals surface area contributed by atoms with E-state index >= 15 is 0 Å². The Morgan fingerprint density at radius 3 is 2.06 bits per heavy atom. The van der Waals surface area contributed by atoms with Gasteiger partial charge in [-0.25, -0.2) is 4.98 Å². The zero-order valence-corrected chi connectivity index (χ0v) is 26.0. The zero-order valence-electron chi connectivity index (χ0n) is 26.0. The van der Waals surface area contributed by atoms with Crippen molar-refractivity contribution in [1.29, 1.82) is 0 Å². The summed E-state index contributed by atoms with van der Waals surface area (Å²) < 4.78 is 2.43. The molecule has 0 N–H and O–H groups in total. The molecule has 0 saturated heterocycles. The van der Waals surface area contributed by atoms with E-state index in [0.717, 1.165) is 35.6 Å². The Morgan fingerprint density at radius 2 is 1.23 bits per heavy atom. The predicted molar refractivity (Wildman–Crippen MR) is 197 cm³/mol. The molecule has 0 aliphatic heterocycles. The fourth-order valence-electron chi connectivity index (χ4n) is 9.38. The van der Waals surface area contributed by atoms with Crippen molar-refractivity contribution >= 4 is 43.4 Å². The van der Waals surface area contributed by atoms with Crippen LogP contribution >= 0.6 is 0 Å². The summed E-state index contributed by atoms with van der Waals surface area (Å²) in [6, 6.07) is 47.3. The third kappa shape index (κ3) is 3.05. The second kappa shape index (κ2) is 8.84. The summed E-state index contributed by atoms with van der Waals surface area (Å²) >= 11 is 0. The van der Waals surface area contributed by atoms with E-state index in [9.17, 15) is 0 Å². The lowest BCUT2D eigenvalue weighted by Crippen LogP contribution is -2.06. The molecule has 48 heavy (non-hydrogen) atoms. The zero-order chi connectivity index (χ0) is 31.1. The molecule has 3 aliphatic carbocycles. The fraction of sp³-hybridized carbons (Fsp3) is 0.0667. The van der Waals surface area contributed by atoms with Crippen molar-refractivity contribution < 1.29 is 0 Å². The highest BCUT2D eigenvalue weighted by molar-refractivity contribution is 6.19. The van der Waals surface area contributed by atoms with Gasteiger partial charge in [0.05, 0.1) is 28.6 Å². The van der Waals surface area contributed by atoms with Gasteiger partial charge in [-0.15, -0.1) is 0 Å². The maximum absolute atomic E-state index is 5.53. The predicted octanol–water partition coefficient (Wildman–Crippen LogP) is 11.3. The van der Waals surface area contributed by atoms with Gasteiger partial charge >= 0.3 is 0 Å². The second-order valence-corrected chi connectivity index (χ2v) is 13.6. The average Bonchev–Trinajstić information content (AvgIpc) is 3.48. The van der Waals surface area contributed by atoms with Gasteiger partial charge in [0.15, 0.2) is 5.82 Å². The van der Waals surface area contributed by atoms with Crippen LogP contribution in [-0.4, -0.2) is 14.5 Å². The van der Waals surface area contributed by atoms with E-state index in [-0.39, 0.29) is 0 Å². The largest absolute Gasteiger partial charge is 0.292 e. The van der Waals surface area contributed by atoms with E-state index in [1.807, 2.05) is 6.20 Å². The lowest BCUT2D eigenvalue weighted by molar-refractivity contribution is 0.736. The maximum Gasteiger partial charge on any atom is 0.156 e. The molecular formula is C45H27N3.